The van der Waals surface area contributed by atoms with Gasteiger partial charge in [0, 0.05) is 5.92 Å². The lowest BCUT2D eigenvalue weighted by molar-refractivity contribution is -0.138. The first kappa shape index (κ1) is 14.4. The third-order valence-corrected chi connectivity index (χ3v) is 2.41. The Morgan fingerprint density at radius 2 is 1.93 bits per heavy atom. The van der Waals surface area contributed by atoms with E-state index in [-0.39, 0.29) is 11.8 Å². The molecule has 1 aliphatic rings. The topological polar surface area (TPSA) is 41.6 Å². The number of nitrogens with zero attached hydrogens (tertiary/aromatic N) is 1. The van der Waals surface area contributed by atoms with Crippen molar-refractivity contribution in [2.75, 3.05) is 26.7 Å². The molecule has 4 heteroatoms. The van der Waals surface area contributed by atoms with E-state index in [0.29, 0.717) is 6.61 Å². The van der Waals surface area contributed by atoms with E-state index in [4.69, 9.17) is 4.84 Å². The van der Waals surface area contributed by atoms with Gasteiger partial charge in [-0.1, -0.05) is 13.8 Å². The summed E-state index contributed by atoms with van der Waals surface area (Å²) in [5, 5.41) is 0. The van der Waals surface area contributed by atoms with Crippen LogP contribution in [0.25, 0.3) is 0 Å². The summed E-state index contributed by atoms with van der Waals surface area (Å²) in [5.41, 5.74) is 2.46. The zero-order chi connectivity index (χ0) is 11.7. The van der Waals surface area contributed by atoms with Crippen molar-refractivity contribution in [2.24, 2.45) is 5.92 Å². The minimum absolute atomic E-state index is 0.0370. The van der Waals surface area contributed by atoms with Crippen LogP contribution in [-0.2, 0) is 9.63 Å². The molecule has 1 rings (SSSR count). The molecule has 1 N–H and O–H groups in total. The fourth-order valence-corrected chi connectivity index (χ4v) is 1.50. The first-order chi connectivity index (χ1) is 7.24. The first-order valence-electron chi connectivity index (χ1n) is 5.84. The third-order valence-electron chi connectivity index (χ3n) is 2.41. The van der Waals surface area contributed by atoms with Gasteiger partial charge in [-0.15, -0.1) is 0 Å². The Morgan fingerprint density at radius 1 is 1.40 bits per heavy atom. The summed E-state index contributed by atoms with van der Waals surface area (Å²) in [6.07, 6.45) is 1.88. The Morgan fingerprint density at radius 3 is 2.40 bits per heavy atom. The first-order valence-corrected chi connectivity index (χ1v) is 5.84. The highest BCUT2D eigenvalue weighted by molar-refractivity contribution is 5.77. The smallest absolute Gasteiger partial charge is 0.246 e. The Hall–Kier alpha value is -0.610. The lowest BCUT2D eigenvalue weighted by atomic mass is 9.97. The number of nitrogens with one attached hydrogen (secondary N) is 1. The number of amides is 1. The molecule has 1 heterocycles. The van der Waals surface area contributed by atoms with E-state index in [1.165, 1.54) is 0 Å². The molecule has 1 saturated heterocycles. The number of hydrogen-bond acceptors (Lipinski definition) is 3. The average Bonchev–Trinajstić information content (AvgIpc) is 2.29. The van der Waals surface area contributed by atoms with Gasteiger partial charge in [-0.2, -0.15) is 0 Å². The maximum atomic E-state index is 11.4. The summed E-state index contributed by atoms with van der Waals surface area (Å²) in [5.74, 6) is 0.178. The fourth-order valence-electron chi connectivity index (χ4n) is 1.50. The van der Waals surface area contributed by atoms with Crippen LogP contribution < -0.4 is 5.48 Å². The second kappa shape index (κ2) is 8.68. The monoisotopic (exact) mass is 216 g/mol. The van der Waals surface area contributed by atoms with Crippen molar-refractivity contribution in [3.05, 3.63) is 0 Å². The van der Waals surface area contributed by atoms with Crippen LogP contribution in [0.2, 0.25) is 0 Å². The van der Waals surface area contributed by atoms with Crippen molar-refractivity contribution in [3.63, 3.8) is 0 Å². The van der Waals surface area contributed by atoms with Gasteiger partial charge in [-0.05, 0) is 39.9 Å². The van der Waals surface area contributed by atoms with Crippen molar-refractivity contribution < 1.29 is 9.63 Å². The Bertz CT molecular complexity index is 166. The molecule has 0 aliphatic carbocycles. The van der Waals surface area contributed by atoms with Gasteiger partial charge in [0.15, 0.2) is 0 Å². The Balaban J connectivity index is 0.000000921. The van der Waals surface area contributed by atoms with Crippen molar-refractivity contribution >= 4 is 5.91 Å². The predicted octanol–water partition coefficient (Wildman–Crippen LogP) is 1.42. The molecule has 0 saturated carbocycles. The van der Waals surface area contributed by atoms with Gasteiger partial charge in [0.1, 0.15) is 0 Å². The number of carbonyl (C=O) groups excluding carboxylic acids is 1. The van der Waals surface area contributed by atoms with E-state index in [0.717, 1.165) is 25.9 Å². The molecule has 0 unspecified atom stereocenters. The van der Waals surface area contributed by atoms with Gasteiger partial charge in [0.2, 0.25) is 5.91 Å². The molecule has 90 valence electrons. The van der Waals surface area contributed by atoms with Gasteiger partial charge in [0.05, 0.1) is 6.61 Å². The molecular formula is C11H24N2O2. The maximum Gasteiger partial charge on any atom is 0.246 e. The van der Waals surface area contributed by atoms with Crippen molar-refractivity contribution in [2.45, 2.75) is 33.6 Å². The molecule has 0 aromatic carbocycles. The van der Waals surface area contributed by atoms with Crippen molar-refractivity contribution in [1.29, 1.82) is 0 Å². The van der Waals surface area contributed by atoms with Gasteiger partial charge in [0.25, 0.3) is 0 Å². The maximum absolute atomic E-state index is 11.4. The number of carbonyl (C=O) groups is 1. The molecule has 0 spiro atoms. The molecule has 4 nitrogen and oxygen atoms in total. The fraction of sp³-hybridized carbons (Fsp3) is 0.909. The summed E-state index contributed by atoms with van der Waals surface area (Å²) in [4.78, 5) is 18.5. The molecule has 1 aliphatic heterocycles. The molecule has 15 heavy (non-hydrogen) atoms. The lowest BCUT2D eigenvalue weighted by Gasteiger charge is -2.27. The number of hydrogen-bond donors (Lipinski definition) is 1. The minimum atomic E-state index is 0.0370. The van der Waals surface area contributed by atoms with Crippen LogP contribution in [0.3, 0.4) is 0 Å². The van der Waals surface area contributed by atoms with E-state index in [1.54, 1.807) is 0 Å². The molecule has 0 bridgehead atoms. The van der Waals surface area contributed by atoms with Crippen LogP contribution in [0.4, 0.5) is 0 Å². The van der Waals surface area contributed by atoms with Crippen LogP contribution >= 0.6 is 0 Å². The molecule has 1 amide bonds. The number of hydroxylamine groups is 1. The largest absolute Gasteiger partial charge is 0.306 e. The number of rotatable bonds is 3. The predicted molar refractivity (Wildman–Crippen MR) is 61.3 cm³/mol. The number of piperidine rings is 1. The van der Waals surface area contributed by atoms with Crippen LogP contribution in [0.5, 0.6) is 0 Å². The van der Waals surface area contributed by atoms with E-state index < -0.39 is 0 Å². The van der Waals surface area contributed by atoms with Crippen LogP contribution in [-0.4, -0.2) is 37.6 Å². The standard InChI is InChI=1S/C9H18N2O2.C2H6/c1-3-13-10-9(12)8-4-6-11(2)7-5-8;1-2/h8H,3-7H2,1-2H3,(H,10,12);1-2H3. The highest BCUT2D eigenvalue weighted by Crippen LogP contribution is 2.15. The number of likely N-dealkylation sites (tertiary alicyclic amines) is 1. The zero-order valence-electron chi connectivity index (χ0n) is 10.4. The SMILES string of the molecule is CC.CCONC(=O)C1CCN(C)CC1. The van der Waals surface area contributed by atoms with Gasteiger partial charge < -0.3 is 4.90 Å². The highest BCUT2D eigenvalue weighted by Gasteiger charge is 2.22. The molecule has 0 radical (unpaired) electrons. The Labute approximate surface area is 92.9 Å². The van der Waals surface area contributed by atoms with Gasteiger partial charge in [-0.25, -0.2) is 5.48 Å². The average molecular weight is 216 g/mol. The van der Waals surface area contributed by atoms with E-state index >= 15 is 0 Å². The summed E-state index contributed by atoms with van der Waals surface area (Å²) in [7, 11) is 2.08. The van der Waals surface area contributed by atoms with Gasteiger partial charge in [-0.3, -0.25) is 9.63 Å². The van der Waals surface area contributed by atoms with Crippen LogP contribution in [0, 0.1) is 5.92 Å². The van der Waals surface area contributed by atoms with Crippen molar-refractivity contribution in [3.8, 4) is 0 Å². The summed E-state index contributed by atoms with van der Waals surface area (Å²) >= 11 is 0. The molecule has 0 aromatic heterocycles. The molecular weight excluding hydrogens is 192 g/mol. The molecule has 0 atom stereocenters. The van der Waals surface area contributed by atoms with Crippen LogP contribution in [0.15, 0.2) is 0 Å². The lowest BCUT2D eigenvalue weighted by Crippen LogP contribution is -2.38. The van der Waals surface area contributed by atoms with E-state index in [2.05, 4.69) is 17.4 Å². The molecule has 0 aromatic rings. The zero-order valence-corrected chi connectivity index (χ0v) is 10.4. The normalized spacial score (nSPS) is 17.9. The van der Waals surface area contributed by atoms with Crippen molar-refractivity contribution in [1.82, 2.24) is 10.4 Å². The van der Waals surface area contributed by atoms with Gasteiger partial charge >= 0.3 is 0 Å². The van der Waals surface area contributed by atoms with E-state index in [1.807, 2.05) is 20.8 Å². The second-order valence-electron chi connectivity index (χ2n) is 3.48. The second-order valence-corrected chi connectivity index (χ2v) is 3.48. The van der Waals surface area contributed by atoms with Crippen LogP contribution in [0.1, 0.15) is 33.6 Å². The van der Waals surface area contributed by atoms with E-state index in [9.17, 15) is 4.79 Å². The Kier molecular flexibility index (Phi) is 8.33. The quantitative estimate of drug-likeness (QED) is 0.725. The summed E-state index contributed by atoms with van der Waals surface area (Å²) < 4.78 is 0. The highest BCUT2D eigenvalue weighted by atomic mass is 16.6. The minimum Gasteiger partial charge on any atom is -0.306 e. The molecule has 1 fully saturated rings. The third kappa shape index (κ3) is 5.74. The summed E-state index contributed by atoms with van der Waals surface area (Å²) in [6.45, 7) is 8.39. The summed E-state index contributed by atoms with van der Waals surface area (Å²) in [6, 6.07) is 0.